The number of nitrogens with zero attached hydrogens (tertiary/aromatic N) is 2. The highest BCUT2D eigenvalue weighted by atomic mass is 16.2. The number of aromatic nitrogens is 2. The average molecular weight is 283 g/mol. The van der Waals surface area contributed by atoms with Crippen molar-refractivity contribution in [3.8, 4) is 0 Å². The van der Waals surface area contributed by atoms with Crippen molar-refractivity contribution in [3.05, 3.63) is 20.8 Å². The lowest BCUT2D eigenvalue weighted by atomic mass is 10.3. The molecule has 1 rings (SSSR count). The van der Waals surface area contributed by atoms with Crippen LogP contribution in [0, 0.1) is 0 Å². The third-order valence-electron chi connectivity index (χ3n) is 2.86. The van der Waals surface area contributed by atoms with E-state index in [0.29, 0.717) is 13.0 Å². The summed E-state index contributed by atoms with van der Waals surface area (Å²) in [6, 6.07) is -0.624. The normalized spacial score (nSPS) is 12.0. The fourth-order valence-electron chi connectivity index (χ4n) is 1.84. The lowest BCUT2D eigenvalue weighted by molar-refractivity contribution is -0.129. The average Bonchev–Trinajstić information content (AvgIpc) is 2.38. The van der Waals surface area contributed by atoms with E-state index in [9.17, 15) is 14.4 Å². The van der Waals surface area contributed by atoms with Gasteiger partial charge >= 0.3 is 5.69 Å². The van der Waals surface area contributed by atoms with Crippen molar-refractivity contribution in [1.29, 1.82) is 0 Å². The zero-order valence-corrected chi connectivity index (χ0v) is 12.2. The fourth-order valence-corrected chi connectivity index (χ4v) is 1.84. The third-order valence-corrected chi connectivity index (χ3v) is 2.86. The predicted molar refractivity (Wildman–Crippen MR) is 77.8 cm³/mol. The standard InChI is InChI=1S/C12H21N5O3/c1-5-6-17-9(13)8(10(18)15-12(17)20)14-7(2)11(19)16(3)4/h7,14H,5-6,13H2,1-4H3,(H,15,18,20). The first-order valence-electron chi connectivity index (χ1n) is 6.39. The maximum Gasteiger partial charge on any atom is 0.330 e. The summed E-state index contributed by atoms with van der Waals surface area (Å²) >= 11 is 0. The number of hydrogen-bond donors (Lipinski definition) is 3. The molecule has 0 saturated heterocycles. The Balaban J connectivity index is 3.19. The van der Waals surface area contributed by atoms with Crippen LogP contribution in [0.4, 0.5) is 11.5 Å². The van der Waals surface area contributed by atoms with Gasteiger partial charge in [0, 0.05) is 20.6 Å². The number of nitrogens with two attached hydrogens (primary N) is 1. The SMILES string of the molecule is CCCn1c(N)c(NC(C)C(=O)N(C)C)c(=O)[nH]c1=O. The smallest absolute Gasteiger partial charge is 0.330 e. The van der Waals surface area contributed by atoms with Crippen molar-refractivity contribution in [1.82, 2.24) is 14.5 Å². The molecule has 1 heterocycles. The van der Waals surface area contributed by atoms with Crippen LogP contribution in [0.15, 0.2) is 9.59 Å². The molecule has 20 heavy (non-hydrogen) atoms. The van der Waals surface area contributed by atoms with Crippen LogP contribution in [0.5, 0.6) is 0 Å². The summed E-state index contributed by atoms with van der Waals surface area (Å²) in [5, 5.41) is 2.77. The molecule has 8 nitrogen and oxygen atoms in total. The van der Waals surface area contributed by atoms with Gasteiger partial charge in [-0.05, 0) is 13.3 Å². The Morgan fingerprint density at radius 2 is 2.05 bits per heavy atom. The molecule has 1 aromatic rings. The van der Waals surface area contributed by atoms with E-state index in [2.05, 4.69) is 10.3 Å². The summed E-state index contributed by atoms with van der Waals surface area (Å²) in [5.74, 6) is -0.156. The Kier molecular flexibility index (Phi) is 4.95. The summed E-state index contributed by atoms with van der Waals surface area (Å²) in [4.78, 5) is 38.9. The maximum absolute atomic E-state index is 11.8. The van der Waals surface area contributed by atoms with Gasteiger partial charge in [0.1, 0.15) is 17.5 Å². The number of carbonyl (C=O) groups is 1. The van der Waals surface area contributed by atoms with Crippen molar-refractivity contribution in [3.63, 3.8) is 0 Å². The maximum atomic E-state index is 11.8. The van der Waals surface area contributed by atoms with E-state index < -0.39 is 17.3 Å². The molecule has 0 saturated carbocycles. The summed E-state index contributed by atoms with van der Waals surface area (Å²) in [7, 11) is 3.23. The molecule has 1 unspecified atom stereocenters. The Hall–Kier alpha value is -2.25. The lowest BCUT2D eigenvalue weighted by Crippen LogP contribution is -2.40. The fraction of sp³-hybridized carbons (Fsp3) is 0.583. The number of hydrogen-bond acceptors (Lipinski definition) is 5. The number of rotatable bonds is 5. The molecule has 0 radical (unpaired) electrons. The summed E-state index contributed by atoms with van der Waals surface area (Å²) < 4.78 is 1.27. The number of amides is 1. The van der Waals surface area contributed by atoms with Gasteiger partial charge in [0.05, 0.1) is 0 Å². The van der Waals surface area contributed by atoms with E-state index >= 15 is 0 Å². The van der Waals surface area contributed by atoms with Crippen molar-refractivity contribution in [2.24, 2.45) is 0 Å². The van der Waals surface area contributed by atoms with Crippen molar-refractivity contribution in [2.45, 2.75) is 32.9 Å². The van der Waals surface area contributed by atoms with Gasteiger partial charge < -0.3 is 16.0 Å². The molecule has 0 aromatic carbocycles. The Bertz CT molecular complexity index is 602. The van der Waals surface area contributed by atoms with E-state index in [0.717, 1.165) is 0 Å². The van der Waals surface area contributed by atoms with E-state index in [1.807, 2.05) is 6.92 Å². The number of H-pyrrole nitrogens is 1. The Morgan fingerprint density at radius 3 is 2.55 bits per heavy atom. The topological polar surface area (TPSA) is 113 Å². The molecule has 0 aliphatic carbocycles. The first kappa shape index (κ1) is 15.8. The van der Waals surface area contributed by atoms with Gasteiger partial charge in [-0.1, -0.05) is 6.92 Å². The molecule has 0 spiro atoms. The number of nitrogen functional groups attached to an aromatic ring is 1. The molecule has 0 aliphatic rings. The number of aromatic amines is 1. The van der Waals surface area contributed by atoms with Gasteiger partial charge in [-0.2, -0.15) is 0 Å². The predicted octanol–water partition coefficient (Wildman–Crippen LogP) is -0.583. The minimum absolute atomic E-state index is 0.0407. The van der Waals surface area contributed by atoms with Gasteiger partial charge in [0.25, 0.3) is 5.56 Å². The minimum Gasteiger partial charge on any atom is -0.383 e. The number of nitrogens with one attached hydrogen (secondary N) is 2. The van der Waals surface area contributed by atoms with Gasteiger partial charge in [0.15, 0.2) is 0 Å². The molecule has 112 valence electrons. The molecular weight excluding hydrogens is 262 g/mol. The molecule has 8 heteroatoms. The Labute approximate surface area is 116 Å². The van der Waals surface area contributed by atoms with Crippen LogP contribution in [0.1, 0.15) is 20.3 Å². The molecule has 0 bridgehead atoms. The highest BCUT2D eigenvalue weighted by Gasteiger charge is 2.19. The zero-order valence-electron chi connectivity index (χ0n) is 12.2. The minimum atomic E-state index is -0.627. The van der Waals surface area contributed by atoms with Crippen molar-refractivity contribution < 1.29 is 4.79 Å². The van der Waals surface area contributed by atoms with Crippen LogP contribution >= 0.6 is 0 Å². The first-order chi connectivity index (χ1) is 9.29. The van der Waals surface area contributed by atoms with E-state index in [4.69, 9.17) is 5.73 Å². The van der Waals surface area contributed by atoms with E-state index in [1.54, 1.807) is 21.0 Å². The van der Waals surface area contributed by atoms with Crippen molar-refractivity contribution in [2.75, 3.05) is 25.1 Å². The molecule has 1 aromatic heterocycles. The lowest BCUT2D eigenvalue weighted by Gasteiger charge is -2.20. The summed E-state index contributed by atoms with van der Waals surface area (Å²) in [6.07, 6.45) is 0.696. The summed E-state index contributed by atoms with van der Waals surface area (Å²) in [6.45, 7) is 3.91. The zero-order chi connectivity index (χ0) is 15.4. The monoisotopic (exact) mass is 283 g/mol. The van der Waals surface area contributed by atoms with Gasteiger partial charge in [-0.15, -0.1) is 0 Å². The Morgan fingerprint density at radius 1 is 1.45 bits per heavy atom. The molecular formula is C12H21N5O3. The van der Waals surface area contributed by atoms with Gasteiger partial charge in [0.2, 0.25) is 5.91 Å². The van der Waals surface area contributed by atoms with Crippen molar-refractivity contribution >= 4 is 17.4 Å². The largest absolute Gasteiger partial charge is 0.383 e. The van der Waals surface area contributed by atoms with Crippen LogP contribution in [0.25, 0.3) is 0 Å². The number of carbonyl (C=O) groups excluding carboxylic acids is 1. The quantitative estimate of drug-likeness (QED) is 0.669. The van der Waals surface area contributed by atoms with Crippen LogP contribution in [-0.4, -0.2) is 40.5 Å². The number of anilines is 2. The second-order valence-electron chi connectivity index (χ2n) is 4.77. The van der Waals surface area contributed by atoms with Crippen LogP contribution in [0.2, 0.25) is 0 Å². The highest BCUT2D eigenvalue weighted by Crippen LogP contribution is 2.12. The van der Waals surface area contributed by atoms with E-state index in [1.165, 1.54) is 9.47 Å². The molecule has 1 amide bonds. The third kappa shape index (κ3) is 3.19. The number of likely N-dealkylation sites (N-methyl/N-ethyl adjacent to an activating group) is 1. The van der Waals surface area contributed by atoms with E-state index in [-0.39, 0.29) is 17.4 Å². The first-order valence-corrected chi connectivity index (χ1v) is 6.39. The molecule has 0 fully saturated rings. The second kappa shape index (κ2) is 6.27. The van der Waals surface area contributed by atoms with Gasteiger partial charge in [-0.3, -0.25) is 19.1 Å². The van der Waals surface area contributed by atoms with Crippen LogP contribution in [0.3, 0.4) is 0 Å². The summed E-state index contributed by atoms with van der Waals surface area (Å²) in [5.41, 5.74) is 4.72. The second-order valence-corrected chi connectivity index (χ2v) is 4.77. The van der Waals surface area contributed by atoms with Crippen LogP contribution < -0.4 is 22.3 Å². The highest BCUT2D eigenvalue weighted by molar-refractivity contribution is 5.84. The van der Waals surface area contributed by atoms with Gasteiger partial charge in [-0.25, -0.2) is 4.79 Å². The molecule has 4 N–H and O–H groups in total. The van der Waals surface area contributed by atoms with Crippen LogP contribution in [-0.2, 0) is 11.3 Å². The molecule has 0 aliphatic heterocycles. The molecule has 1 atom stereocenters.